The summed E-state index contributed by atoms with van der Waals surface area (Å²) >= 11 is 6.16. The quantitative estimate of drug-likeness (QED) is 0.608. The Morgan fingerprint density at radius 3 is 2.61 bits per heavy atom. The van der Waals surface area contributed by atoms with Crippen LogP contribution in [0.2, 0.25) is 5.02 Å². The number of nitrogens with one attached hydrogen (secondary N) is 1. The van der Waals surface area contributed by atoms with Gasteiger partial charge in [-0.25, -0.2) is 8.42 Å². The van der Waals surface area contributed by atoms with Crippen LogP contribution in [0.3, 0.4) is 0 Å². The fraction of sp³-hybridized carbons (Fsp3) is 0.227. The van der Waals surface area contributed by atoms with Crippen LogP contribution in [-0.2, 0) is 19.6 Å². The van der Waals surface area contributed by atoms with Crippen molar-refractivity contribution in [2.75, 3.05) is 38.2 Å². The Balaban J connectivity index is 1.47. The minimum Gasteiger partial charge on any atom is -0.483 e. The first-order valence-corrected chi connectivity index (χ1v) is 11.5. The molecule has 1 aliphatic heterocycles. The van der Waals surface area contributed by atoms with Gasteiger partial charge in [0.2, 0.25) is 10.0 Å². The molecule has 0 atom stereocenters. The molecule has 9 heteroatoms. The van der Waals surface area contributed by atoms with Crippen molar-refractivity contribution < 1.29 is 22.7 Å². The maximum Gasteiger partial charge on any atom is 0.262 e. The number of benzene rings is 3. The number of sulfonamides is 1. The van der Waals surface area contributed by atoms with Crippen LogP contribution in [0.5, 0.6) is 5.75 Å². The third kappa shape index (κ3) is 4.83. The van der Waals surface area contributed by atoms with E-state index in [-0.39, 0.29) is 29.6 Å². The van der Waals surface area contributed by atoms with Crippen LogP contribution in [0.25, 0.3) is 10.8 Å². The monoisotopic (exact) mass is 460 g/mol. The van der Waals surface area contributed by atoms with Gasteiger partial charge in [-0.05, 0) is 29.7 Å². The maximum absolute atomic E-state index is 12.9. The van der Waals surface area contributed by atoms with Gasteiger partial charge < -0.3 is 14.8 Å². The largest absolute Gasteiger partial charge is 0.483 e. The molecule has 0 bridgehead atoms. The van der Waals surface area contributed by atoms with Crippen molar-refractivity contribution in [3.8, 4) is 5.75 Å². The van der Waals surface area contributed by atoms with E-state index in [2.05, 4.69) is 5.32 Å². The summed E-state index contributed by atoms with van der Waals surface area (Å²) in [6, 6.07) is 17.7. The molecule has 0 spiro atoms. The summed E-state index contributed by atoms with van der Waals surface area (Å²) in [5.74, 6) is 0.185. The van der Waals surface area contributed by atoms with E-state index in [4.69, 9.17) is 21.1 Å². The van der Waals surface area contributed by atoms with Gasteiger partial charge in [0.15, 0.2) is 6.61 Å². The highest BCUT2D eigenvalue weighted by Gasteiger charge is 2.28. The van der Waals surface area contributed by atoms with Crippen molar-refractivity contribution >= 4 is 44.0 Å². The number of anilines is 1. The number of carbonyl (C=O) groups is 1. The van der Waals surface area contributed by atoms with Gasteiger partial charge in [-0.15, -0.1) is 0 Å². The second-order valence-corrected chi connectivity index (χ2v) is 9.29. The lowest BCUT2D eigenvalue weighted by Gasteiger charge is -2.26. The third-order valence-electron chi connectivity index (χ3n) is 4.91. The molecule has 1 amide bonds. The second kappa shape index (κ2) is 9.23. The smallest absolute Gasteiger partial charge is 0.262 e. The average molecular weight is 461 g/mol. The minimum atomic E-state index is -3.79. The molecule has 1 N–H and O–H groups in total. The van der Waals surface area contributed by atoms with Crippen LogP contribution in [0, 0.1) is 0 Å². The van der Waals surface area contributed by atoms with E-state index in [0.29, 0.717) is 24.7 Å². The van der Waals surface area contributed by atoms with Crippen molar-refractivity contribution in [2.45, 2.75) is 4.90 Å². The number of nitrogens with zero attached hydrogens (tertiary/aromatic N) is 1. The molecule has 1 saturated heterocycles. The van der Waals surface area contributed by atoms with Crippen molar-refractivity contribution in [1.82, 2.24) is 4.31 Å². The molecule has 7 nitrogen and oxygen atoms in total. The van der Waals surface area contributed by atoms with Crippen LogP contribution in [0.4, 0.5) is 5.69 Å². The van der Waals surface area contributed by atoms with E-state index >= 15 is 0 Å². The van der Waals surface area contributed by atoms with E-state index in [0.717, 1.165) is 10.8 Å². The highest BCUT2D eigenvalue weighted by Crippen LogP contribution is 2.29. The molecule has 162 valence electrons. The lowest BCUT2D eigenvalue weighted by atomic mass is 10.1. The Morgan fingerprint density at radius 2 is 1.81 bits per heavy atom. The summed E-state index contributed by atoms with van der Waals surface area (Å²) in [5, 5.41) is 4.68. The number of carbonyl (C=O) groups excluding carboxylic acids is 1. The molecule has 1 heterocycles. The summed E-state index contributed by atoms with van der Waals surface area (Å²) in [5.41, 5.74) is 0.322. The zero-order chi connectivity index (χ0) is 21.8. The van der Waals surface area contributed by atoms with Gasteiger partial charge in [-0.2, -0.15) is 4.31 Å². The fourth-order valence-electron chi connectivity index (χ4n) is 3.37. The standard InChI is InChI=1S/C22H21ClN2O5S/c23-19-9-8-17(14-21(19)31(27,28)25-10-12-29-13-11-25)24-22(26)15-30-20-7-3-5-16-4-1-2-6-18(16)20/h1-9,14H,10-13,15H2,(H,24,26). The average Bonchev–Trinajstić information content (AvgIpc) is 2.79. The Morgan fingerprint density at radius 1 is 1.06 bits per heavy atom. The number of rotatable bonds is 6. The van der Waals surface area contributed by atoms with E-state index in [1.54, 1.807) is 12.1 Å². The molecule has 0 aromatic heterocycles. The number of fused-ring (bicyclic) bond motifs is 1. The molecule has 1 fully saturated rings. The van der Waals surface area contributed by atoms with Crippen molar-refractivity contribution in [2.24, 2.45) is 0 Å². The molecule has 31 heavy (non-hydrogen) atoms. The fourth-order valence-corrected chi connectivity index (χ4v) is 5.28. The van der Waals surface area contributed by atoms with Crippen molar-refractivity contribution in [3.63, 3.8) is 0 Å². The van der Waals surface area contributed by atoms with Gasteiger partial charge in [-0.3, -0.25) is 4.79 Å². The first-order chi connectivity index (χ1) is 14.9. The van der Waals surface area contributed by atoms with E-state index in [1.165, 1.54) is 16.4 Å². The first-order valence-electron chi connectivity index (χ1n) is 9.73. The molecule has 0 radical (unpaired) electrons. The molecule has 3 aromatic carbocycles. The highest BCUT2D eigenvalue weighted by atomic mass is 35.5. The molecular formula is C22H21ClN2O5S. The van der Waals surface area contributed by atoms with Crippen LogP contribution < -0.4 is 10.1 Å². The van der Waals surface area contributed by atoms with Gasteiger partial charge in [0, 0.05) is 24.2 Å². The third-order valence-corrected chi connectivity index (χ3v) is 7.29. The molecular weight excluding hydrogens is 440 g/mol. The predicted octanol–water partition coefficient (Wildman–Crippen LogP) is 3.53. The van der Waals surface area contributed by atoms with Gasteiger partial charge in [0.1, 0.15) is 10.6 Å². The summed E-state index contributed by atoms with van der Waals surface area (Å²) in [6.45, 7) is 0.960. The number of halogens is 1. The molecule has 4 rings (SSSR count). The molecule has 1 aliphatic rings. The Kier molecular flexibility index (Phi) is 6.43. The summed E-state index contributed by atoms with van der Waals surface area (Å²) in [4.78, 5) is 12.4. The van der Waals surface area contributed by atoms with Crippen LogP contribution in [0.1, 0.15) is 0 Å². The van der Waals surface area contributed by atoms with Gasteiger partial charge in [0.05, 0.1) is 18.2 Å². The SMILES string of the molecule is O=C(COc1cccc2ccccc12)Nc1ccc(Cl)c(S(=O)(=O)N2CCOCC2)c1. The number of ether oxygens (including phenoxy) is 2. The Hall–Kier alpha value is -2.65. The molecule has 0 saturated carbocycles. The second-order valence-electron chi connectivity index (χ2n) is 6.98. The van der Waals surface area contributed by atoms with Crippen molar-refractivity contribution in [3.05, 3.63) is 65.7 Å². The van der Waals surface area contributed by atoms with E-state index in [1.807, 2.05) is 36.4 Å². The maximum atomic E-state index is 12.9. The minimum absolute atomic E-state index is 0.0520. The lowest BCUT2D eigenvalue weighted by molar-refractivity contribution is -0.118. The lowest BCUT2D eigenvalue weighted by Crippen LogP contribution is -2.40. The van der Waals surface area contributed by atoms with E-state index < -0.39 is 15.9 Å². The Labute approximate surface area is 185 Å². The number of amides is 1. The van der Waals surface area contributed by atoms with Gasteiger partial charge in [-0.1, -0.05) is 48.0 Å². The van der Waals surface area contributed by atoms with Crippen LogP contribution in [-0.4, -0.2) is 51.5 Å². The topological polar surface area (TPSA) is 84.9 Å². The normalized spacial score (nSPS) is 15.0. The Bertz CT molecular complexity index is 1200. The number of morpholine rings is 1. The first kappa shape index (κ1) is 21.6. The zero-order valence-electron chi connectivity index (χ0n) is 16.6. The molecule has 0 aliphatic carbocycles. The van der Waals surface area contributed by atoms with E-state index in [9.17, 15) is 13.2 Å². The molecule has 0 unspecified atom stereocenters. The van der Waals surface area contributed by atoms with Gasteiger partial charge in [0.25, 0.3) is 5.91 Å². The highest BCUT2D eigenvalue weighted by molar-refractivity contribution is 7.89. The number of hydrogen-bond acceptors (Lipinski definition) is 5. The van der Waals surface area contributed by atoms with Crippen LogP contribution in [0.15, 0.2) is 65.6 Å². The van der Waals surface area contributed by atoms with Crippen molar-refractivity contribution in [1.29, 1.82) is 0 Å². The predicted molar refractivity (Wildman–Crippen MR) is 119 cm³/mol. The summed E-state index contributed by atoms with van der Waals surface area (Å²) in [6.07, 6.45) is 0. The summed E-state index contributed by atoms with van der Waals surface area (Å²) < 4.78 is 38.1. The molecule has 3 aromatic rings. The van der Waals surface area contributed by atoms with Gasteiger partial charge >= 0.3 is 0 Å². The van der Waals surface area contributed by atoms with Crippen LogP contribution >= 0.6 is 11.6 Å². The number of hydrogen-bond donors (Lipinski definition) is 1. The zero-order valence-corrected chi connectivity index (χ0v) is 18.2. The summed E-state index contributed by atoms with van der Waals surface area (Å²) in [7, 11) is -3.79.